The van der Waals surface area contributed by atoms with Gasteiger partial charge in [-0.05, 0) is 47.7 Å². The van der Waals surface area contributed by atoms with E-state index in [1.54, 1.807) is 0 Å². The summed E-state index contributed by atoms with van der Waals surface area (Å²) in [5, 5.41) is 0. The third-order valence-electron chi connectivity index (χ3n) is 3.30. The van der Waals surface area contributed by atoms with Crippen LogP contribution in [-0.4, -0.2) is 0 Å². The van der Waals surface area contributed by atoms with E-state index in [9.17, 15) is 8.78 Å². The second kappa shape index (κ2) is 6.44. The van der Waals surface area contributed by atoms with Crippen LogP contribution in [0, 0.1) is 18.6 Å². The molecule has 1 nitrogen and oxygen atoms in total. The highest BCUT2D eigenvalue weighted by Gasteiger charge is 2.15. The molecule has 0 aliphatic carbocycles. The van der Waals surface area contributed by atoms with Crippen LogP contribution in [0.1, 0.15) is 36.5 Å². The van der Waals surface area contributed by atoms with Crippen molar-refractivity contribution in [3.8, 4) is 11.5 Å². The molecule has 0 bridgehead atoms. The van der Waals surface area contributed by atoms with Crippen molar-refractivity contribution >= 4 is 11.6 Å². The standard InChI is InChI=1S/C17H17ClF2O/c1-10(2)13-5-4-11(3)16(8-13)21-17-14(19)6-12(9-18)7-15(17)20/h4-8,10H,9H2,1-3H3. The first kappa shape index (κ1) is 15.8. The molecular formula is C17H17ClF2O. The number of rotatable bonds is 4. The van der Waals surface area contributed by atoms with Crippen LogP contribution >= 0.6 is 11.6 Å². The number of halogens is 3. The Bertz CT molecular complexity index is 630. The summed E-state index contributed by atoms with van der Waals surface area (Å²) >= 11 is 5.59. The minimum absolute atomic E-state index is 0.0516. The molecule has 0 aliphatic rings. The predicted molar refractivity (Wildman–Crippen MR) is 81.3 cm³/mol. The highest BCUT2D eigenvalue weighted by atomic mass is 35.5. The fourth-order valence-electron chi connectivity index (χ4n) is 1.98. The Morgan fingerprint density at radius 2 is 1.71 bits per heavy atom. The van der Waals surface area contributed by atoms with Crippen LogP contribution in [0.2, 0.25) is 0 Å². The first-order valence-electron chi connectivity index (χ1n) is 6.74. The van der Waals surface area contributed by atoms with Gasteiger partial charge in [0, 0.05) is 5.88 Å². The highest BCUT2D eigenvalue weighted by Crippen LogP contribution is 2.32. The van der Waals surface area contributed by atoms with Crippen LogP contribution in [0.5, 0.6) is 11.5 Å². The molecule has 2 aromatic rings. The molecule has 112 valence electrons. The van der Waals surface area contributed by atoms with Gasteiger partial charge in [-0.2, -0.15) is 0 Å². The van der Waals surface area contributed by atoms with Gasteiger partial charge in [-0.25, -0.2) is 8.78 Å². The van der Waals surface area contributed by atoms with Gasteiger partial charge < -0.3 is 4.74 Å². The molecule has 0 heterocycles. The van der Waals surface area contributed by atoms with Crippen molar-refractivity contribution in [2.24, 2.45) is 0 Å². The lowest BCUT2D eigenvalue weighted by molar-refractivity contribution is 0.404. The topological polar surface area (TPSA) is 9.23 Å². The van der Waals surface area contributed by atoms with Crippen molar-refractivity contribution in [3.05, 3.63) is 58.7 Å². The Balaban J connectivity index is 2.40. The molecule has 21 heavy (non-hydrogen) atoms. The smallest absolute Gasteiger partial charge is 0.198 e. The molecule has 4 heteroatoms. The zero-order chi connectivity index (χ0) is 15.6. The molecule has 0 spiro atoms. The van der Waals surface area contributed by atoms with Gasteiger partial charge in [0.15, 0.2) is 17.4 Å². The van der Waals surface area contributed by atoms with Gasteiger partial charge in [0.2, 0.25) is 0 Å². The van der Waals surface area contributed by atoms with E-state index < -0.39 is 17.4 Å². The van der Waals surface area contributed by atoms with Crippen LogP contribution in [-0.2, 0) is 5.88 Å². The van der Waals surface area contributed by atoms with Gasteiger partial charge in [0.1, 0.15) is 5.75 Å². The molecule has 0 saturated carbocycles. The lowest BCUT2D eigenvalue weighted by Crippen LogP contribution is -1.97. The average molecular weight is 311 g/mol. The average Bonchev–Trinajstić information content (AvgIpc) is 2.44. The molecule has 2 rings (SSSR count). The largest absolute Gasteiger partial charge is 0.451 e. The molecule has 0 amide bonds. The van der Waals surface area contributed by atoms with Crippen LogP contribution in [0.3, 0.4) is 0 Å². The van der Waals surface area contributed by atoms with Crippen molar-refractivity contribution in [1.82, 2.24) is 0 Å². The van der Waals surface area contributed by atoms with Crippen LogP contribution in [0.25, 0.3) is 0 Å². The normalized spacial score (nSPS) is 11.0. The Hall–Kier alpha value is -1.61. The maximum absolute atomic E-state index is 14.0. The number of hydrogen-bond acceptors (Lipinski definition) is 1. The molecular weight excluding hydrogens is 294 g/mol. The summed E-state index contributed by atoms with van der Waals surface area (Å²) in [6.45, 7) is 5.93. The predicted octanol–water partition coefficient (Wildman–Crippen LogP) is 5.93. The van der Waals surface area contributed by atoms with E-state index in [2.05, 4.69) is 0 Å². The fourth-order valence-corrected chi connectivity index (χ4v) is 2.14. The maximum atomic E-state index is 14.0. The van der Waals surface area contributed by atoms with Crippen LogP contribution in [0.15, 0.2) is 30.3 Å². The Morgan fingerprint density at radius 1 is 1.10 bits per heavy atom. The quantitative estimate of drug-likeness (QED) is 0.636. The molecule has 0 N–H and O–H groups in total. The summed E-state index contributed by atoms with van der Waals surface area (Å²) in [6.07, 6.45) is 0. The van der Waals surface area contributed by atoms with Crippen molar-refractivity contribution in [2.45, 2.75) is 32.6 Å². The van der Waals surface area contributed by atoms with E-state index in [1.165, 1.54) is 12.1 Å². The van der Waals surface area contributed by atoms with E-state index in [0.29, 0.717) is 17.2 Å². The van der Waals surface area contributed by atoms with Gasteiger partial charge in [0.25, 0.3) is 0 Å². The van der Waals surface area contributed by atoms with E-state index in [-0.39, 0.29) is 5.88 Å². The molecule has 0 aliphatic heterocycles. The molecule has 0 radical (unpaired) electrons. The fraction of sp³-hybridized carbons (Fsp3) is 0.294. The second-order valence-electron chi connectivity index (χ2n) is 5.30. The summed E-state index contributed by atoms with van der Waals surface area (Å²) < 4.78 is 33.4. The van der Waals surface area contributed by atoms with Crippen molar-refractivity contribution in [3.63, 3.8) is 0 Å². The summed E-state index contributed by atoms with van der Waals surface area (Å²) in [5.74, 6) is -1.08. The summed E-state index contributed by atoms with van der Waals surface area (Å²) in [5.41, 5.74) is 2.25. The third-order valence-corrected chi connectivity index (χ3v) is 3.61. The van der Waals surface area contributed by atoms with Gasteiger partial charge in [-0.15, -0.1) is 11.6 Å². The lowest BCUT2D eigenvalue weighted by atomic mass is 10.0. The van der Waals surface area contributed by atoms with E-state index in [0.717, 1.165) is 11.1 Å². The molecule has 2 aromatic carbocycles. The minimum atomic E-state index is -0.750. The first-order chi connectivity index (χ1) is 9.92. The highest BCUT2D eigenvalue weighted by molar-refractivity contribution is 6.17. The van der Waals surface area contributed by atoms with E-state index in [4.69, 9.17) is 16.3 Å². The summed E-state index contributed by atoms with van der Waals surface area (Å²) in [7, 11) is 0. The Kier molecular flexibility index (Phi) is 4.84. The molecule has 0 fully saturated rings. The van der Waals surface area contributed by atoms with Crippen molar-refractivity contribution in [2.75, 3.05) is 0 Å². The SMILES string of the molecule is Cc1ccc(C(C)C)cc1Oc1c(F)cc(CCl)cc1F. The van der Waals surface area contributed by atoms with E-state index in [1.807, 2.05) is 39.0 Å². The number of benzene rings is 2. The van der Waals surface area contributed by atoms with Gasteiger partial charge in [-0.1, -0.05) is 26.0 Å². The Labute approximate surface area is 128 Å². The van der Waals surface area contributed by atoms with Gasteiger partial charge >= 0.3 is 0 Å². The zero-order valence-corrected chi connectivity index (χ0v) is 13.0. The molecule has 0 saturated heterocycles. The third kappa shape index (κ3) is 3.53. The molecule has 0 unspecified atom stereocenters. The maximum Gasteiger partial charge on any atom is 0.198 e. The zero-order valence-electron chi connectivity index (χ0n) is 12.2. The second-order valence-corrected chi connectivity index (χ2v) is 5.57. The van der Waals surface area contributed by atoms with Crippen molar-refractivity contribution < 1.29 is 13.5 Å². The van der Waals surface area contributed by atoms with E-state index >= 15 is 0 Å². The van der Waals surface area contributed by atoms with Crippen molar-refractivity contribution in [1.29, 1.82) is 0 Å². The number of aryl methyl sites for hydroxylation is 1. The number of alkyl halides is 1. The molecule has 0 aromatic heterocycles. The van der Waals surface area contributed by atoms with Gasteiger partial charge in [-0.3, -0.25) is 0 Å². The minimum Gasteiger partial charge on any atom is -0.451 e. The summed E-state index contributed by atoms with van der Waals surface area (Å²) in [6, 6.07) is 8.05. The lowest BCUT2D eigenvalue weighted by Gasteiger charge is -2.14. The molecule has 0 atom stereocenters. The number of hydrogen-bond donors (Lipinski definition) is 0. The van der Waals surface area contributed by atoms with Crippen LogP contribution in [0.4, 0.5) is 8.78 Å². The monoisotopic (exact) mass is 310 g/mol. The van der Waals surface area contributed by atoms with Gasteiger partial charge in [0.05, 0.1) is 0 Å². The Morgan fingerprint density at radius 3 is 2.24 bits per heavy atom. The van der Waals surface area contributed by atoms with Crippen LogP contribution < -0.4 is 4.74 Å². The first-order valence-corrected chi connectivity index (χ1v) is 7.28. The summed E-state index contributed by atoms with van der Waals surface area (Å²) in [4.78, 5) is 0. The number of ether oxygens (including phenoxy) is 1.